The Hall–Kier alpha value is -2.23. The van der Waals surface area contributed by atoms with Gasteiger partial charge in [-0.2, -0.15) is 4.52 Å². The summed E-state index contributed by atoms with van der Waals surface area (Å²) in [5, 5.41) is 10.4. The molecule has 0 radical (unpaired) electrons. The molecule has 0 bridgehead atoms. The van der Waals surface area contributed by atoms with Crippen molar-refractivity contribution in [3.8, 4) is 0 Å². The molecule has 0 saturated heterocycles. The van der Waals surface area contributed by atoms with E-state index in [2.05, 4.69) is 15.5 Å². The average Bonchev–Trinajstić information content (AvgIpc) is 2.71. The van der Waals surface area contributed by atoms with Gasteiger partial charge in [-0.05, 0) is 53.7 Å². The van der Waals surface area contributed by atoms with E-state index in [0.717, 1.165) is 9.20 Å². The van der Waals surface area contributed by atoms with Crippen LogP contribution in [0.1, 0.15) is 41.5 Å². The van der Waals surface area contributed by atoms with Crippen LogP contribution in [0.3, 0.4) is 0 Å². The maximum absolute atomic E-state index is 12.5. The zero-order valence-electron chi connectivity index (χ0n) is 15.2. The first-order valence-electron chi connectivity index (χ1n) is 7.75. The van der Waals surface area contributed by atoms with Gasteiger partial charge in [0.25, 0.3) is 0 Å². The van der Waals surface area contributed by atoms with Crippen LogP contribution in [-0.4, -0.2) is 44.0 Å². The first-order valence-corrected chi connectivity index (χ1v) is 9.23. The molecule has 2 heterocycles. The van der Waals surface area contributed by atoms with E-state index in [1.165, 1.54) is 12.1 Å². The van der Waals surface area contributed by atoms with E-state index < -0.39 is 25.8 Å². The number of hydrogen-bond acceptors (Lipinski definition) is 6. The van der Waals surface area contributed by atoms with Crippen molar-refractivity contribution in [2.45, 2.75) is 63.4 Å². The van der Waals surface area contributed by atoms with Gasteiger partial charge in [-0.3, -0.25) is 4.79 Å². The van der Waals surface area contributed by atoms with Gasteiger partial charge in [0.15, 0.2) is 10.7 Å². The van der Waals surface area contributed by atoms with Gasteiger partial charge in [0.1, 0.15) is 6.54 Å². The Labute approximate surface area is 146 Å². The summed E-state index contributed by atoms with van der Waals surface area (Å²) in [7, 11) is -3.71. The Kier molecular flexibility index (Phi) is 4.54. The second-order valence-corrected chi connectivity index (χ2v) is 10.4. The summed E-state index contributed by atoms with van der Waals surface area (Å²) < 4.78 is 25.8. The Bertz CT molecular complexity index is 974. The van der Waals surface area contributed by atoms with Crippen molar-refractivity contribution in [1.29, 1.82) is 0 Å². The molecule has 0 aliphatic rings. The van der Waals surface area contributed by atoms with Crippen LogP contribution in [0.25, 0.3) is 5.65 Å². The highest BCUT2D eigenvalue weighted by Crippen LogP contribution is 2.22. The number of amides is 1. The Morgan fingerprint density at radius 2 is 1.72 bits per heavy atom. The number of sulfone groups is 1. The van der Waals surface area contributed by atoms with Gasteiger partial charge < -0.3 is 5.32 Å². The number of aromatic nitrogens is 4. The van der Waals surface area contributed by atoms with Crippen LogP contribution in [0.4, 0.5) is 0 Å². The summed E-state index contributed by atoms with van der Waals surface area (Å²) in [6.07, 6.45) is 0. The topological polar surface area (TPSA) is 115 Å². The SMILES string of the molecule is CC(C)(C)NC(=O)Cn1nc2ccc(S(=O)(=O)C(C)(C)C)nn2c1=O. The van der Waals surface area contributed by atoms with Gasteiger partial charge in [-0.1, -0.05) is 0 Å². The van der Waals surface area contributed by atoms with Crippen LogP contribution in [-0.2, 0) is 21.2 Å². The number of nitrogens with one attached hydrogen (secondary N) is 1. The molecular formula is C15H23N5O4S. The molecule has 0 spiro atoms. The molecule has 10 heteroatoms. The minimum atomic E-state index is -3.71. The second-order valence-electron chi connectivity index (χ2n) is 7.80. The smallest absolute Gasteiger partial charge is 0.350 e. The van der Waals surface area contributed by atoms with Crippen molar-refractivity contribution >= 4 is 21.4 Å². The number of rotatable bonds is 3. The van der Waals surface area contributed by atoms with E-state index in [1.54, 1.807) is 20.8 Å². The third-order valence-corrected chi connectivity index (χ3v) is 5.69. The molecule has 9 nitrogen and oxygen atoms in total. The van der Waals surface area contributed by atoms with Crippen LogP contribution in [0.15, 0.2) is 22.0 Å². The van der Waals surface area contributed by atoms with Crippen molar-refractivity contribution < 1.29 is 13.2 Å². The molecule has 2 rings (SSSR count). The van der Waals surface area contributed by atoms with E-state index in [4.69, 9.17) is 0 Å². The van der Waals surface area contributed by atoms with Gasteiger partial charge in [0, 0.05) is 5.54 Å². The van der Waals surface area contributed by atoms with Crippen molar-refractivity contribution in [2.24, 2.45) is 0 Å². The molecule has 0 aliphatic heterocycles. The summed E-state index contributed by atoms with van der Waals surface area (Å²) in [5.74, 6) is -0.374. The van der Waals surface area contributed by atoms with E-state index >= 15 is 0 Å². The summed E-state index contributed by atoms with van der Waals surface area (Å²) in [6.45, 7) is 9.85. The van der Waals surface area contributed by atoms with Crippen LogP contribution in [0, 0.1) is 0 Å². The standard InChI is InChI=1S/C15H23N5O4S/c1-14(2,3)16-11(21)9-19-13(22)20-10(17-19)7-8-12(18-20)25(23,24)15(4,5)6/h7-8H,9H2,1-6H3,(H,16,21). The molecule has 2 aromatic heterocycles. The molecule has 0 unspecified atom stereocenters. The van der Waals surface area contributed by atoms with Crippen LogP contribution in [0.2, 0.25) is 0 Å². The van der Waals surface area contributed by atoms with E-state index in [1.807, 2.05) is 20.8 Å². The molecule has 0 aromatic carbocycles. The van der Waals surface area contributed by atoms with Crippen molar-refractivity contribution in [2.75, 3.05) is 0 Å². The van der Waals surface area contributed by atoms with Gasteiger partial charge in [-0.25, -0.2) is 17.9 Å². The lowest BCUT2D eigenvalue weighted by Gasteiger charge is -2.20. The fourth-order valence-electron chi connectivity index (χ4n) is 2.05. The lowest BCUT2D eigenvalue weighted by molar-refractivity contribution is -0.123. The third-order valence-electron chi connectivity index (χ3n) is 3.31. The lowest BCUT2D eigenvalue weighted by atomic mass is 10.1. The predicted molar refractivity (Wildman–Crippen MR) is 92.1 cm³/mol. The van der Waals surface area contributed by atoms with Gasteiger partial charge in [0.05, 0.1) is 4.75 Å². The number of carbonyl (C=O) groups is 1. The highest BCUT2D eigenvalue weighted by molar-refractivity contribution is 7.92. The highest BCUT2D eigenvalue weighted by atomic mass is 32.2. The molecule has 0 fully saturated rings. The highest BCUT2D eigenvalue weighted by Gasteiger charge is 2.33. The minimum Gasteiger partial charge on any atom is -0.350 e. The monoisotopic (exact) mass is 369 g/mol. The van der Waals surface area contributed by atoms with E-state index in [-0.39, 0.29) is 23.1 Å². The van der Waals surface area contributed by atoms with E-state index in [0.29, 0.717) is 0 Å². The molecule has 0 atom stereocenters. The summed E-state index contributed by atoms with van der Waals surface area (Å²) in [5.41, 5.74) is -0.946. The second kappa shape index (κ2) is 5.94. The molecular weight excluding hydrogens is 346 g/mol. The molecule has 0 aliphatic carbocycles. The predicted octanol–water partition coefficient (Wildman–Crippen LogP) is 0.378. The number of nitrogens with zero attached hydrogens (tertiary/aromatic N) is 4. The number of fused-ring (bicyclic) bond motifs is 1. The van der Waals surface area contributed by atoms with Crippen LogP contribution < -0.4 is 11.0 Å². The normalized spacial score (nSPS) is 13.2. The Morgan fingerprint density at radius 1 is 1.12 bits per heavy atom. The first-order chi connectivity index (χ1) is 11.2. The van der Waals surface area contributed by atoms with Gasteiger partial charge in [-0.15, -0.1) is 10.2 Å². The molecule has 1 N–H and O–H groups in total. The molecule has 25 heavy (non-hydrogen) atoms. The number of hydrogen-bond donors (Lipinski definition) is 1. The van der Waals surface area contributed by atoms with Gasteiger partial charge in [0.2, 0.25) is 15.7 Å². The van der Waals surface area contributed by atoms with Crippen LogP contribution in [0.5, 0.6) is 0 Å². The molecule has 138 valence electrons. The van der Waals surface area contributed by atoms with E-state index in [9.17, 15) is 18.0 Å². The maximum Gasteiger partial charge on any atom is 0.367 e. The summed E-state index contributed by atoms with van der Waals surface area (Å²) in [6, 6.07) is 2.70. The molecule has 1 amide bonds. The zero-order valence-corrected chi connectivity index (χ0v) is 16.0. The van der Waals surface area contributed by atoms with Crippen molar-refractivity contribution in [1.82, 2.24) is 24.7 Å². The fourth-order valence-corrected chi connectivity index (χ4v) is 3.11. The third kappa shape index (κ3) is 3.89. The average molecular weight is 369 g/mol. The number of carbonyl (C=O) groups excluding carboxylic acids is 1. The molecule has 2 aromatic rings. The fraction of sp³-hybridized carbons (Fsp3) is 0.600. The first kappa shape index (κ1) is 19.1. The largest absolute Gasteiger partial charge is 0.367 e. The van der Waals surface area contributed by atoms with Crippen molar-refractivity contribution in [3.05, 3.63) is 22.6 Å². The zero-order chi connectivity index (χ0) is 19.2. The Morgan fingerprint density at radius 3 is 2.24 bits per heavy atom. The quantitative estimate of drug-likeness (QED) is 0.836. The van der Waals surface area contributed by atoms with Crippen LogP contribution >= 0.6 is 0 Å². The maximum atomic E-state index is 12.5. The lowest BCUT2D eigenvalue weighted by Crippen LogP contribution is -2.43. The van der Waals surface area contributed by atoms with Crippen molar-refractivity contribution in [3.63, 3.8) is 0 Å². The van der Waals surface area contributed by atoms with Gasteiger partial charge >= 0.3 is 5.69 Å². The Balaban J connectivity index is 2.45. The minimum absolute atomic E-state index is 0.168. The molecule has 0 saturated carbocycles. The summed E-state index contributed by atoms with van der Waals surface area (Å²) >= 11 is 0. The summed E-state index contributed by atoms with van der Waals surface area (Å²) in [4.78, 5) is 24.4.